The van der Waals surface area contributed by atoms with Crippen molar-refractivity contribution in [1.29, 1.82) is 0 Å². The van der Waals surface area contributed by atoms with Crippen LogP contribution in [0.25, 0.3) is 0 Å². The van der Waals surface area contributed by atoms with E-state index >= 15 is 0 Å². The van der Waals surface area contributed by atoms with E-state index in [1.807, 2.05) is 100 Å². The Hall–Kier alpha value is -1.65. The van der Waals surface area contributed by atoms with Gasteiger partial charge in [-0.1, -0.05) is 34.8 Å². The minimum Gasteiger partial charge on any atom is -0.350 e. The summed E-state index contributed by atoms with van der Waals surface area (Å²) in [5, 5.41) is 22.3. The lowest BCUT2D eigenvalue weighted by molar-refractivity contribution is -0.290. The van der Waals surface area contributed by atoms with Crippen molar-refractivity contribution in [2.45, 2.75) is 57.7 Å². The van der Waals surface area contributed by atoms with Gasteiger partial charge in [-0.2, -0.15) is 0 Å². The molecule has 1 amide bonds. The molecule has 8 heteroatoms. The average Bonchev–Trinajstić information content (AvgIpc) is 2.82. The molecule has 1 N–H and O–H groups in total. The summed E-state index contributed by atoms with van der Waals surface area (Å²) in [5.74, 6) is -0.0517. The third-order valence-electron chi connectivity index (χ3n) is 7.14. The number of amides is 1. The van der Waals surface area contributed by atoms with Crippen LogP contribution in [0.5, 0.6) is 0 Å². The smallest absolute Gasteiger partial charge is 0.259 e. The molecule has 0 bridgehead atoms. The fourth-order valence-electron chi connectivity index (χ4n) is 5.66. The van der Waals surface area contributed by atoms with Crippen molar-refractivity contribution in [2.24, 2.45) is 0 Å². The van der Waals surface area contributed by atoms with Crippen molar-refractivity contribution in [3.8, 4) is 0 Å². The van der Waals surface area contributed by atoms with E-state index in [4.69, 9.17) is 34.8 Å². The molecule has 1 fully saturated rings. The van der Waals surface area contributed by atoms with E-state index < -0.39 is 18.3 Å². The molecular weight excluding hydrogens is 546 g/mol. The number of nitrogens with one attached hydrogen (secondary N) is 1. The Morgan fingerprint density at radius 1 is 0.757 bits per heavy atom. The summed E-state index contributed by atoms with van der Waals surface area (Å²) in [6, 6.07) is 23.1. The predicted molar refractivity (Wildman–Crippen MR) is 157 cm³/mol. The fourth-order valence-corrected chi connectivity index (χ4v) is 9.98. The highest BCUT2D eigenvalue weighted by atomic mass is 35.5. The number of carbonyl (C=O) groups excluding carboxylic acids is 1. The van der Waals surface area contributed by atoms with E-state index in [-0.39, 0.29) is 18.1 Å². The van der Waals surface area contributed by atoms with Gasteiger partial charge in [0.15, 0.2) is 6.16 Å². The van der Waals surface area contributed by atoms with Gasteiger partial charge in [0.25, 0.3) is 5.91 Å². The van der Waals surface area contributed by atoms with Crippen molar-refractivity contribution >= 4 is 63.9 Å². The zero-order chi connectivity index (χ0) is 27.0. The van der Waals surface area contributed by atoms with E-state index in [2.05, 4.69) is 5.32 Å². The fraction of sp³-hybridized carbons (Fsp3) is 0.345. The molecule has 4 rings (SSSR count). The van der Waals surface area contributed by atoms with Gasteiger partial charge in [-0.25, -0.2) is 0 Å². The van der Waals surface area contributed by atoms with Crippen LogP contribution >= 0.6 is 42.1 Å². The topological polar surface area (TPSA) is 52.2 Å². The van der Waals surface area contributed by atoms with E-state index in [0.29, 0.717) is 27.9 Å². The first kappa shape index (κ1) is 28.4. The summed E-state index contributed by atoms with van der Waals surface area (Å²) in [6.07, 6.45) is 1.43. The molecule has 0 atom stereocenters. The summed E-state index contributed by atoms with van der Waals surface area (Å²) in [7, 11) is -2.47. The van der Waals surface area contributed by atoms with Crippen molar-refractivity contribution < 1.29 is 10.0 Å². The van der Waals surface area contributed by atoms with Crippen molar-refractivity contribution in [2.75, 3.05) is 6.16 Å². The molecule has 0 aromatic heterocycles. The maximum atomic E-state index is 13.9. The molecule has 3 aromatic carbocycles. The minimum absolute atomic E-state index is 0.0517. The Bertz CT molecular complexity index is 1120. The Morgan fingerprint density at radius 2 is 1.08 bits per heavy atom. The summed E-state index contributed by atoms with van der Waals surface area (Å²) in [6.45, 7) is 7.75. The largest absolute Gasteiger partial charge is 0.350 e. The Labute approximate surface area is 235 Å². The standard InChI is InChI=1S/C29H31Cl3N2O2P/c1-28(2)17-23(18-29(3,4)34(28)36)33-27(35)19-37(24-11-5-20(30)6-12-24,25-13-7-21(31)8-14-25)26-15-9-22(32)10-16-26/h5-16,23H,17-19H2,1-4H3/p+1. The lowest BCUT2D eigenvalue weighted by Crippen LogP contribution is -2.62. The van der Waals surface area contributed by atoms with Gasteiger partial charge >= 0.3 is 0 Å². The van der Waals surface area contributed by atoms with E-state index in [0.717, 1.165) is 15.9 Å². The number of carbonyl (C=O) groups is 1. The van der Waals surface area contributed by atoms with Crippen LogP contribution in [0.15, 0.2) is 72.8 Å². The van der Waals surface area contributed by atoms with Gasteiger partial charge in [-0.15, -0.1) is 10.3 Å². The third-order valence-corrected chi connectivity index (χ3v) is 12.2. The zero-order valence-corrected chi connectivity index (χ0v) is 24.6. The summed E-state index contributed by atoms with van der Waals surface area (Å²) >= 11 is 18.8. The van der Waals surface area contributed by atoms with Crippen LogP contribution in [0.2, 0.25) is 15.1 Å². The van der Waals surface area contributed by atoms with Gasteiger partial charge in [-0.05, 0) is 113 Å². The van der Waals surface area contributed by atoms with E-state index in [1.165, 1.54) is 5.06 Å². The highest BCUT2D eigenvalue weighted by Crippen LogP contribution is 2.55. The SMILES string of the molecule is CC1(C)CC(NC(=O)C[P+](c2ccc(Cl)cc2)(c2ccc(Cl)cc2)c2ccc(Cl)cc2)CC(C)(C)N1[O]. The number of hydroxylamine groups is 2. The molecule has 4 nitrogen and oxygen atoms in total. The van der Waals surface area contributed by atoms with Crippen LogP contribution in [0.3, 0.4) is 0 Å². The number of rotatable bonds is 6. The number of hydrogen-bond acceptors (Lipinski definition) is 2. The van der Waals surface area contributed by atoms with Gasteiger partial charge in [0, 0.05) is 32.2 Å². The quantitative estimate of drug-likeness (QED) is 0.344. The molecule has 1 heterocycles. The molecule has 1 radical (unpaired) electrons. The van der Waals surface area contributed by atoms with Crippen LogP contribution < -0.4 is 21.2 Å². The highest BCUT2D eigenvalue weighted by Gasteiger charge is 2.50. The van der Waals surface area contributed by atoms with Gasteiger partial charge in [-0.3, -0.25) is 4.79 Å². The number of piperidine rings is 1. The minimum atomic E-state index is -2.47. The van der Waals surface area contributed by atoms with Crippen LogP contribution in [0.1, 0.15) is 40.5 Å². The van der Waals surface area contributed by atoms with Crippen LogP contribution in [0, 0.1) is 0 Å². The molecule has 0 spiro atoms. The summed E-state index contributed by atoms with van der Waals surface area (Å²) < 4.78 is 0. The van der Waals surface area contributed by atoms with Crippen molar-refractivity contribution in [3.63, 3.8) is 0 Å². The molecule has 0 unspecified atom stereocenters. The monoisotopic (exact) mass is 576 g/mol. The first-order chi connectivity index (χ1) is 17.3. The molecular formula is C29H32Cl3N2O2P+. The van der Waals surface area contributed by atoms with Crippen LogP contribution in [0.4, 0.5) is 0 Å². The molecule has 3 aromatic rings. The van der Waals surface area contributed by atoms with E-state index in [1.54, 1.807) is 0 Å². The van der Waals surface area contributed by atoms with Gasteiger partial charge in [0.1, 0.15) is 23.2 Å². The van der Waals surface area contributed by atoms with Crippen LogP contribution in [-0.2, 0) is 10.0 Å². The Balaban J connectivity index is 1.79. The number of benzene rings is 3. The molecule has 37 heavy (non-hydrogen) atoms. The number of halogens is 3. The predicted octanol–water partition coefficient (Wildman–Crippen LogP) is 6.42. The second kappa shape index (κ2) is 10.8. The molecule has 1 aliphatic heterocycles. The maximum absolute atomic E-state index is 13.9. The van der Waals surface area contributed by atoms with Crippen LogP contribution in [-0.4, -0.2) is 34.3 Å². The second-order valence-electron chi connectivity index (χ2n) is 11.0. The molecule has 0 aliphatic carbocycles. The number of nitrogens with zero attached hydrogens (tertiary/aromatic N) is 1. The normalized spacial score (nSPS) is 17.9. The van der Waals surface area contributed by atoms with Crippen molar-refractivity contribution in [3.05, 3.63) is 87.9 Å². The second-order valence-corrected chi connectivity index (χ2v) is 15.8. The summed E-state index contributed by atoms with van der Waals surface area (Å²) in [4.78, 5) is 13.9. The molecule has 195 valence electrons. The summed E-state index contributed by atoms with van der Waals surface area (Å²) in [5.41, 5.74) is -1.15. The zero-order valence-electron chi connectivity index (χ0n) is 21.5. The van der Waals surface area contributed by atoms with Crippen molar-refractivity contribution in [1.82, 2.24) is 10.4 Å². The first-order valence-corrected chi connectivity index (χ1v) is 15.4. The molecule has 0 saturated carbocycles. The Morgan fingerprint density at radius 3 is 1.41 bits per heavy atom. The average molecular weight is 578 g/mol. The molecule has 1 aliphatic rings. The lowest BCUT2D eigenvalue weighted by Gasteiger charge is -2.50. The van der Waals surface area contributed by atoms with Gasteiger partial charge in [0.05, 0.1) is 0 Å². The first-order valence-electron chi connectivity index (χ1n) is 12.3. The Kier molecular flexibility index (Phi) is 8.31. The molecule has 1 saturated heterocycles. The third kappa shape index (κ3) is 6.01. The van der Waals surface area contributed by atoms with Gasteiger partial charge in [0.2, 0.25) is 0 Å². The van der Waals surface area contributed by atoms with Gasteiger partial charge < -0.3 is 5.32 Å². The maximum Gasteiger partial charge on any atom is 0.259 e. The lowest BCUT2D eigenvalue weighted by atomic mass is 9.79. The highest BCUT2D eigenvalue weighted by molar-refractivity contribution is 7.96. The van der Waals surface area contributed by atoms with E-state index in [9.17, 15) is 10.0 Å². The number of hydrogen-bond donors (Lipinski definition) is 1.